The van der Waals surface area contributed by atoms with Crippen molar-refractivity contribution in [1.82, 2.24) is 10.3 Å². The van der Waals surface area contributed by atoms with Crippen molar-refractivity contribution < 1.29 is 9.53 Å². The van der Waals surface area contributed by atoms with Gasteiger partial charge in [-0.05, 0) is 48.1 Å². The average Bonchev–Trinajstić information content (AvgIpc) is 3.56. The van der Waals surface area contributed by atoms with Gasteiger partial charge in [-0.15, -0.1) is 12.8 Å². The summed E-state index contributed by atoms with van der Waals surface area (Å²) in [5.74, 6) is 1.72. The number of carbonyl (C=O) groups excluding carboxylic acids is 1. The van der Waals surface area contributed by atoms with E-state index in [1.54, 1.807) is 12.3 Å². The van der Waals surface area contributed by atoms with E-state index < -0.39 is 0 Å². The van der Waals surface area contributed by atoms with Crippen molar-refractivity contribution in [2.75, 3.05) is 6.54 Å². The number of hydrogen-bond acceptors (Lipinski definition) is 3. The molecule has 0 saturated heterocycles. The highest BCUT2D eigenvalue weighted by molar-refractivity contribution is 6.32. The Kier molecular flexibility index (Phi) is 10.5. The summed E-state index contributed by atoms with van der Waals surface area (Å²) in [5.41, 5.74) is 2.21. The van der Waals surface area contributed by atoms with Gasteiger partial charge < -0.3 is 10.1 Å². The number of hydrogen-bond donors (Lipinski definition) is 1. The molecule has 5 heteroatoms. The van der Waals surface area contributed by atoms with Gasteiger partial charge in [0.25, 0.3) is 0 Å². The molecule has 0 aliphatic heterocycles. The summed E-state index contributed by atoms with van der Waals surface area (Å²) < 4.78 is 5.75. The lowest BCUT2D eigenvalue weighted by atomic mass is 10.1. The third kappa shape index (κ3) is 7.85. The van der Waals surface area contributed by atoms with Gasteiger partial charge in [0.1, 0.15) is 5.75 Å². The number of pyridine rings is 1. The molecule has 1 aliphatic rings. The maximum atomic E-state index is 10.8. The average molecular weight is 399 g/mol. The number of rotatable bonds is 6. The molecule has 0 radical (unpaired) electrons. The quantitative estimate of drug-likeness (QED) is 0.623. The number of nitrogens with one attached hydrogen (secondary N) is 1. The van der Waals surface area contributed by atoms with Gasteiger partial charge in [0.15, 0.2) is 0 Å². The Hall–Kier alpha value is -2.77. The van der Waals surface area contributed by atoms with Crippen LogP contribution in [0.1, 0.15) is 50.7 Å². The van der Waals surface area contributed by atoms with Gasteiger partial charge in [-0.2, -0.15) is 0 Å². The third-order valence-electron chi connectivity index (χ3n) is 3.76. The largest absolute Gasteiger partial charge is 0.437 e. The first-order valence-electron chi connectivity index (χ1n) is 9.29. The van der Waals surface area contributed by atoms with E-state index in [-0.39, 0.29) is 5.91 Å². The van der Waals surface area contributed by atoms with Gasteiger partial charge in [0.05, 0.1) is 5.02 Å². The van der Waals surface area contributed by atoms with Gasteiger partial charge in [0.2, 0.25) is 11.8 Å². The molecule has 0 unspecified atom stereocenters. The van der Waals surface area contributed by atoms with Crippen molar-refractivity contribution in [1.29, 1.82) is 0 Å². The van der Waals surface area contributed by atoms with Crippen molar-refractivity contribution in [3.05, 3.63) is 58.8 Å². The summed E-state index contributed by atoms with van der Waals surface area (Å²) >= 11 is 6.29. The molecule has 28 heavy (non-hydrogen) atoms. The molecule has 1 aliphatic carbocycles. The lowest BCUT2D eigenvalue weighted by molar-refractivity contribution is -0.118. The van der Waals surface area contributed by atoms with Crippen LogP contribution < -0.4 is 10.1 Å². The van der Waals surface area contributed by atoms with E-state index in [2.05, 4.69) is 29.2 Å². The monoisotopic (exact) mass is 398 g/mol. The Morgan fingerprint density at radius 3 is 2.54 bits per heavy atom. The van der Waals surface area contributed by atoms with E-state index in [4.69, 9.17) is 16.3 Å². The standard InChI is InChI=1S/C19H19ClN2O2.C2H6.C2H2/c1-13(23)21-10-2-3-14-4-9-19(22-12-14)24-18-8-7-16(11-17(18)20)15-5-6-15;2*1-2/h2-4,7-9,11-12,15H,5-6,10H2,1H3,(H,21,23);1-2H3;1-2H/b3-2+;;. The molecule has 0 atom stereocenters. The third-order valence-corrected chi connectivity index (χ3v) is 4.05. The Morgan fingerprint density at radius 1 is 1.29 bits per heavy atom. The number of ether oxygens (including phenoxy) is 1. The molecule has 2 aromatic rings. The molecule has 1 aromatic carbocycles. The summed E-state index contributed by atoms with van der Waals surface area (Å²) in [6.07, 6.45) is 16.0. The summed E-state index contributed by atoms with van der Waals surface area (Å²) in [6, 6.07) is 9.65. The minimum absolute atomic E-state index is 0.0499. The van der Waals surface area contributed by atoms with E-state index in [0.29, 0.717) is 29.1 Å². The number of nitrogens with zero attached hydrogens (tertiary/aromatic N) is 1. The Labute approximate surface area is 173 Å². The van der Waals surface area contributed by atoms with Crippen molar-refractivity contribution in [3.8, 4) is 24.5 Å². The zero-order valence-corrected chi connectivity index (χ0v) is 17.4. The second kappa shape index (κ2) is 12.6. The first-order chi connectivity index (χ1) is 13.6. The smallest absolute Gasteiger partial charge is 0.219 e. The molecule has 3 rings (SSSR count). The number of benzene rings is 1. The fraction of sp³-hybridized carbons (Fsp3) is 0.304. The van der Waals surface area contributed by atoms with Crippen molar-refractivity contribution in [2.24, 2.45) is 0 Å². The zero-order chi connectivity index (χ0) is 20.9. The van der Waals surface area contributed by atoms with Crippen LogP contribution >= 0.6 is 11.6 Å². The molecule has 0 spiro atoms. The molecule has 1 fully saturated rings. The summed E-state index contributed by atoms with van der Waals surface area (Å²) in [6.45, 7) is 5.99. The number of aromatic nitrogens is 1. The zero-order valence-electron chi connectivity index (χ0n) is 16.6. The van der Waals surface area contributed by atoms with Crippen molar-refractivity contribution in [3.63, 3.8) is 0 Å². The van der Waals surface area contributed by atoms with Crippen LogP contribution in [-0.4, -0.2) is 17.4 Å². The van der Waals surface area contributed by atoms with Gasteiger partial charge in [-0.3, -0.25) is 4.79 Å². The van der Waals surface area contributed by atoms with Crippen molar-refractivity contribution in [2.45, 2.75) is 39.5 Å². The predicted octanol–water partition coefficient (Wildman–Crippen LogP) is 5.83. The van der Waals surface area contributed by atoms with E-state index in [9.17, 15) is 4.79 Å². The molecule has 1 N–H and O–H groups in total. The lowest BCUT2D eigenvalue weighted by Crippen LogP contribution is -2.19. The van der Waals surface area contributed by atoms with E-state index >= 15 is 0 Å². The maximum absolute atomic E-state index is 10.8. The van der Waals surface area contributed by atoms with Gasteiger partial charge in [-0.1, -0.05) is 43.7 Å². The van der Waals surface area contributed by atoms with Crippen LogP contribution in [0.2, 0.25) is 5.02 Å². The summed E-state index contributed by atoms with van der Waals surface area (Å²) in [4.78, 5) is 15.1. The maximum Gasteiger partial charge on any atom is 0.219 e. The molecule has 1 heterocycles. The molecular weight excluding hydrogens is 372 g/mol. The van der Waals surface area contributed by atoms with Crippen LogP contribution in [0.25, 0.3) is 6.08 Å². The van der Waals surface area contributed by atoms with Crippen LogP contribution in [0.5, 0.6) is 11.6 Å². The Bertz CT molecular complexity index is 794. The number of halogens is 1. The normalized spacial score (nSPS) is 12.2. The Morgan fingerprint density at radius 2 is 2.00 bits per heavy atom. The number of terminal acetylenes is 1. The van der Waals surface area contributed by atoms with E-state index in [1.807, 2.05) is 44.2 Å². The Balaban J connectivity index is 0.000000921. The topological polar surface area (TPSA) is 51.2 Å². The minimum atomic E-state index is -0.0499. The van der Waals surface area contributed by atoms with Crippen molar-refractivity contribution >= 4 is 23.6 Å². The van der Waals surface area contributed by atoms with Gasteiger partial charge in [0, 0.05) is 25.7 Å². The first-order valence-corrected chi connectivity index (χ1v) is 9.67. The highest BCUT2D eigenvalue weighted by Crippen LogP contribution is 2.42. The highest BCUT2D eigenvalue weighted by Gasteiger charge is 2.24. The SMILES string of the molecule is C#C.CC.CC(=O)NC/C=C/c1ccc(Oc2ccc(C3CC3)cc2Cl)nc1. The molecule has 1 amide bonds. The first kappa shape index (κ1) is 23.3. The fourth-order valence-corrected chi connectivity index (χ4v) is 2.56. The molecular formula is C23H27ClN2O2. The lowest BCUT2D eigenvalue weighted by Gasteiger charge is -2.08. The van der Waals surface area contributed by atoms with Crippen LogP contribution in [0.15, 0.2) is 42.6 Å². The number of amides is 1. The summed E-state index contributed by atoms with van der Waals surface area (Å²) in [5, 5.41) is 3.31. The molecule has 1 aromatic heterocycles. The summed E-state index contributed by atoms with van der Waals surface area (Å²) in [7, 11) is 0. The van der Waals surface area contributed by atoms with Crippen LogP contribution in [-0.2, 0) is 4.79 Å². The van der Waals surface area contributed by atoms with Crippen LogP contribution in [0.4, 0.5) is 0 Å². The van der Waals surface area contributed by atoms with Crippen LogP contribution in [0, 0.1) is 12.8 Å². The van der Waals surface area contributed by atoms with E-state index in [1.165, 1.54) is 25.3 Å². The van der Waals surface area contributed by atoms with Crippen LogP contribution in [0.3, 0.4) is 0 Å². The molecule has 4 nitrogen and oxygen atoms in total. The predicted molar refractivity (Wildman–Crippen MR) is 117 cm³/mol. The van der Waals surface area contributed by atoms with E-state index in [0.717, 1.165) is 5.56 Å². The second-order valence-electron chi connectivity index (χ2n) is 5.84. The fourth-order valence-electron chi connectivity index (χ4n) is 2.33. The van der Waals surface area contributed by atoms with Gasteiger partial charge in [-0.25, -0.2) is 4.98 Å². The second-order valence-corrected chi connectivity index (χ2v) is 6.24. The molecule has 0 bridgehead atoms. The molecule has 148 valence electrons. The molecule has 1 saturated carbocycles. The number of carbonyl (C=O) groups is 1. The highest BCUT2D eigenvalue weighted by atomic mass is 35.5. The minimum Gasteiger partial charge on any atom is -0.437 e. The van der Waals surface area contributed by atoms with Gasteiger partial charge >= 0.3 is 0 Å².